The summed E-state index contributed by atoms with van der Waals surface area (Å²) in [5, 5.41) is 3.00. The first-order valence-corrected chi connectivity index (χ1v) is 10.7. The zero-order valence-electron chi connectivity index (χ0n) is 18.4. The number of halogens is 1. The number of rotatable bonds is 7. The number of nitrogens with one attached hydrogen (secondary N) is 1. The number of carbonyl (C=O) groups is 3. The predicted octanol–water partition coefficient (Wildman–Crippen LogP) is 2.35. The van der Waals surface area contributed by atoms with Crippen LogP contribution in [0.4, 0.5) is 0 Å². The zero-order chi connectivity index (χ0) is 23.0. The molecule has 1 heterocycles. The molecular formula is C22H30ClN3O5. The number of benzene rings is 1. The predicted molar refractivity (Wildman–Crippen MR) is 119 cm³/mol. The molecule has 9 heteroatoms. The van der Waals surface area contributed by atoms with Gasteiger partial charge in [0.15, 0.2) is 11.5 Å². The average molecular weight is 452 g/mol. The van der Waals surface area contributed by atoms with Crippen molar-refractivity contribution < 1.29 is 23.9 Å². The molecule has 0 atom stereocenters. The van der Waals surface area contributed by atoms with E-state index in [9.17, 15) is 14.4 Å². The summed E-state index contributed by atoms with van der Waals surface area (Å²) in [5.41, 5.74) is 0.707. The van der Waals surface area contributed by atoms with Crippen LogP contribution in [0.2, 0.25) is 5.02 Å². The Bertz CT molecular complexity index is 833. The van der Waals surface area contributed by atoms with Gasteiger partial charge in [0.05, 0.1) is 18.7 Å². The van der Waals surface area contributed by atoms with E-state index in [0.717, 1.165) is 6.42 Å². The minimum atomic E-state index is -0.619. The van der Waals surface area contributed by atoms with Gasteiger partial charge in [-0.25, -0.2) is 0 Å². The highest BCUT2D eigenvalue weighted by Gasteiger charge is 2.27. The van der Waals surface area contributed by atoms with Gasteiger partial charge in [-0.05, 0) is 44.0 Å². The normalized spacial score (nSPS) is 14.1. The molecule has 1 N–H and O–H groups in total. The van der Waals surface area contributed by atoms with E-state index in [4.69, 9.17) is 21.1 Å². The van der Waals surface area contributed by atoms with Gasteiger partial charge in [0.25, 0.3) is 0 Å². The Balaban J connectivity index is 1.96. The van der Waals surface area contributed by atoms with Crippen molar-refractivity contribution in [2.75, 3.05) is 39.9 Å². The van der Waals surface area contributed by atoms with Gasteiger partial charge in [-0.3, -0.25) is 14.4 Å². The van der Waals surface area contributed by atoms with Crippen molar-refractivity contribution in [2.24, 2.45) is 0 Å². The van der Waals surface area contributed by atoms with Crippen molar-refractivity contribution in [2.45, 2.75) is 33.2 Å². The lowest BCUT2D eigenvalue weighted by Gasteiger charge is -2.33. The Labute approximate surface area is 188 Å². The van der Waals surface area contributed by atoms with Crippen molar-refractivity contribution in [3.63, 3.8) is 0 Å². The van der Waals surface area contributed by atoms with Gasteiger partial charge in [0.1, 0.15) is 0 Å². The largest absolute Gasteiger partial charge is 0.493 e. The molecule has 0 radical (unpaired) electrons. The number of amides is 3. The van der Waals surface area contributed by atoms with Gasteiger partial charge >= 0.3 is 11.8 Å². The van der Waals surface area contributed by atoms with Crippen molar-refractivity contribution in [3.05, 3.63) is 28.8 Å². The monoisotopic (exact) mass is 451 g/mol. The average Bonchev–Trinajstić information content (AvgIpc) is 2.75. The zero-order valence-corrected chi connectivity index (χ0v) is 19.2. The molecule has 1 fully saturated rings. The van der Waals surface area contributed by atoms with Crippen LogP contribution in [0, 0.1) is 0 Å². The van der Waals surface area contributed by atoms with Crippen LogP contribution in [0.3, 0.4) is 0 Å². The van der Waals surface area contributed by atoms with Crippen molar-refractivity contribution in [1.82, 2.24) is 15.1 Å². The van der Waals surface area contributed by atoms with Crippen LogP contribution in [-0.4, -0.2) is 73.5 Å². The standard InChI is InChI=1S/C22H30ClN3O5/c1-5-12-31-20-17(23)13-16(14-18(20)30-4)6-7-19(27)25-8-10-26(11-9-25)22(29)21(28)24-15(2)3/h6-7,13-15H,5,8-12H2,1-4H3,(H,24,28). The first-order chi connectivity index (χ1) is 14.8. The quantitative estimate of drug-likeness (QED) is 0.507. The fraction of sp³-hybridized carbons (Fsp3) is 0.500. The minimum absolute atomic E-state index is 0.108. The Morgan fingerprint density at radius 1 is 1.16 bits per heavy atom. The lowest BCUT2D eigenvalue weighted by molar-refractivity contribution is -0.148. The summed E-state index contributed by atoms with van der Waals surface area (Å²) in [7, 11) is 1.53. The Kier molecular flexibility index (Phi) is 9.18. The molecule has 0 saturated carbocycles. The van der Waals surface area contributed by atoms with Crippen LogP contribution < -0.4 is 14.8 Å². The number of piperazine rings is 1. The highest BCUT2D eigenvalue weighted by Crippen LogP contribution is 2.36. The van der Waals surface area contributed by atoms with Crippen LogP contribution in [-0.2, 0) is 14.4 Å². The van der Waals surface area contributed by atoms with Crippen molar-refractivity contribution in [1.29, 1.82) is 0 Å². The molecule has 0 unspecified atom stereocenters. The summed E-state index contributed by atoms with van der Waals surface area (Å²) in [6.45, 7) is 7.46. The molecule has 31 heavy (non-hydrogen) atoms. The smallest absolute Gasteiger partial charge is 0.312 e. The van der Waals surface area contributed by atoms with Gasteiger partial charge in [0, 0.05) is 38.3 Å². The molecule has 0 spiro atoms. The Morgan fingerprint density at radius 2 is 1.81 bits per heavy atom. The molecule has 1 saturated heterocycles. The van der Waals surface area contributed by atoms with Crippen LogP contribution in [0.5, 0.6) is 11.5 Å². The first kappa shape index (κ1) is 24.5. The fourth-order valence-corrected chi connectivity index (χ4v) is 3.32. The van der Waals surface area contributed by atoms with E-state index in [2.05, 4.69) is 5.32 Å². The number of methoxy groups -OCH3 is 1. The van der Waals surface area contributed by atoms with Gasteiger partial charge in [-0.1, -0.05) is 18.5 Å². The number of nitrogens with zero attached hydrogens (tertiary/aromatic N) is 2. The second-order valence-electron chi connectivity index (χ2n) is 7.46. The van der Waals surface area contributed by atoms with Crippen LogP contribution in [0.25, 0.3) is 6.08 Å². The summed E-state index contributed by atoms with van der Waals surface area (Å²) in [6.07, 6.45) is 3.96. The third-order valence-corrected chi connectivity index (χ3v) is 4.89. The van der Waals surface area contributed by atoms with E-state index >= 15 is 0 Å². The lowest BCUT2D eigenvalue weighted by atomic mass is 10.1. The molecule has 1 aliphatic heterocycles. The first-order valence-electron chi connectivity index (χ1n) is 10.3. The molecule has 170 valence electrons. The van der Waals surface area contributed by atoms with Crippen molar-refractivity contribution in [3.8, 4) is 11.5 Å². The molecule has 0 aromatic heterocycles. The van der Waals surface area contributed by atoms with E-state index in [1.807, 2.05) is 6.92 Å². The van der Waals surface area contributed by atoms with Crippen LogP contribution >= 0.6 is 11.6 Å². The maximum Gasteiger partial charge on any atom is 0.312 e. The number of ether oxygens (including phenoxy) is 2. The number of carbonyl (C=O) groups excluding carboxylic acids is 3. The third kappa shape index (κ3) is 6.89. The topological polar surface area (TPSA) is 88.2 Å². The summed E-state index contributed by atoms with van der Waals surface area (Å²) in [6, 6.07) is 3.36. The molecule has 1 aromatic carbocycles. The molecule has 3 amide bonds. The summed E-state index contributed by atoms with van der Waals surface area (Å²) < 4.78 is 11.0. The van der Waals surface area contributed by atoms with E-state index in [-0.39, 0.29) is 11.9 Å². The van der Waals surface area contributed by atoms with E-state index in [1.165, 1.54) is 18.1 Å². The molecule has 1 aliphatic rings. The molecule has 2 rings (SSSR count). The number of hydrogen-bond donors (Lipinski definition) is 1. The third-order valence-electron chi connectivity index (χ3n) is 4.61. The lowest BCUT2D eigenvalue weighted by Crippen LogP contribution is -2.54. The highest BCUT2D eigenvalue weighted by atomic mass is 35.5. The van der Waals surface area contributed by atoms with E-state index < -0.39 is 11.8 Å². The maximum absolute atomic E-state index is 12.5. The van der Waals surface area contributed by atoms with Crippen LogP contribution in [0.15, 0.2) is 18.2 Å². The molecule has 0 bridgehead atoms. The van der Waals surface area contributed by atoms with Crippen molar-refractivity contribution >= 4 is 35.4 Å². The molecular weight excluding hydrogens is 422 g/mol. The molecule has 0 aliphatic carbocycles. The SMILES string of the molecule is CCCOc1c(Cl)cc(C=CC(=O)N2CCN(C(=O)C(=O)NC(C)C)CC2)cc1OC. The Morgan fingerprint density at radius 3 is 2.39 bits per heavy atom. The number of hydrogen-bond acceptors (Lipinski definition) is 5. The highest BCUT2D eigenvalue weighted by molar-refractivity contribution is 6.35. The van der Waals surface area contributed by atoms with Gasteiger partial charge < -0.3 is 24.6 Å². The second-order valence-corrected chi connectivity index (χ2v) is 7.87. The summed E-state index contributed by atoms with van der Waals surface area (Å²) in [4.78, 5) is 39.7. The maximum atomic E-state index is 12.5. The molecule has 8 nitrogen and oxygen atoms in total. The van der Waals surface area contributed by atoms with E-state index in [1.54, 1.807) is 37.0 Å². The minimum Gasteiger partial charge on any atom is -0.493 e. The van der Waals surface area contributed by atoms with Gasteiger partial charge in [-0.2, -0.15) is 0 Å². The second kappa shape index (κ2) is 11.6. The van der Waals surface area contributed by atoms with Crippen LogP contribution in [0.1, 0.15) is 32.8 Å². The summed E-state index contributed by atoms with van der Waals surface area (Å²) >= 11 is 6.31. The fourth-order valence-electron chi connectivity index (χ4n) is 3.05. The Hall–Kier alpha value is -2.74. The molecule has 1 aromatic rings. The summed E-state index contributed by atoms with van der Waals surface area (Å²) in [5.74, 6) is -0.382. The van der Waals surface area contributed by atoms with Gasteiger partial charge in [-0.15, -0.1) is 0 Å². The van der Waals surface area contributed by atoms with E-state index in [0.29, 0.717) is 54.9 Å². The van der Waals surface area contributed by atoms with Gasteiger partial charge in [0.2, 0.25) is 5.91 Å².